The lowest BCUT2D eigenvalue weighted by atomic mass is 9.83. The third kappa shape index (κ3) is 2.34. The van der Waals surface area contributed by atoms with Gasteiger partial charge in [-0.1, -0.05) is 12.1 Å². The highest BCUT2D eigenvalue weighted by atomic mass is 16.2. The molecule has 3 amide bonds. The minimum atomic E-state index is -0.690. The second kappa shape index (κ2) is 5.45. The molecule has 0 bridgehead atoms. The molecule has 1 saturated heterocycles. The number of carbonyl (C=O) groups excluding carboxylic acids is 3. The second-order valence-corrected chi connectivity index (χ2v) is 6.61. The van der Waals surface area contributed by atoms with E-state index in [-0.39, 0.29) is 18.2 Å². The summed E-state index contributed by atoms with van der Waals surface area (Å²) in [6.07, 6.45) is 0.619. The molecule has 6 heteroatoms. The fourth-order valence-corrected chi connectivity index (χ4v) is 3.60. The van der Waals surface area contributed by atoms with Crippen LogP contribution in [0, 0.1) is 0 Å². The highest BCUT2D eigenvalue weighted by molar-refractivity contribution is 6.13. The van der Waals surface area contributed by atoms with Crippen molar-refractivity contribution in [2.45, 2.75) is 44.7 Å². The van der Waals surface area contributed by atoms with Gasteiger partial charge in [-0.2, -0.15) is 0 Å². The molecule has 0 aromatic heterocycles. The van der Waals surface area contributed by atoms with E-state index in [9.17, 15) is 14.4 Å². The molecule has 2 heterocycles. The van der Waals surface area contributed by atoms with Gasteiger partial charge < -0.3 is 5.32 Å². The maximum atomic E-state index is 13.0. The number of rotatable bonds is 3. The van der Waals surface area contributed by atoms with Gasteiger partial charge in [0.25, 0.3) is 0 Å². The Bertz CT molecular complexity index is 696. The van der Waals surface area contributed by atoms with Gasteiger partial charge in [0.05, 0.1) is 5.41 Å². The number of amides is 3. The van der Waals surface area contributed by atoms with Crippen LogP contribution in [0.2, 0.25) is 0 Å². The van der Waals surface area contributed by atoms with Gasteiger partial charge in [0.2, 0.25) is 17.7 Å². The number of benzene rings is 1. The van der Waals surface area contributed by atoms with Crippen LogP contribution >= 0.6 is 0 Å². The van der Waals surface area contributed by atoms with Crippen molar-refractivity contribution < 1.29 is 14.4 Å². The summed E-state index contributed by atoms with van der Waals surface area (Å²) in [5, 5.41) is 5.46. The predicted octanol–water partition coefficient (Wildman–Crippen LogP) is 0.835. The Morgan fingerprint density at radius 1 is 1.30 bits per heavy atom. The molecular formula is C17H21N3O3. The molecule has 23 heavy (non-hydrogen) atoms. The summed E-state index contributed by atoms with van der Waals surface area (Å²) in [7, 11) is 1.86. The molecule has 2 aliphatic rings. The van der Waals surface area contributed by atoms with Crippen LogP contribution in [0.25, 0.3) is 0 Å². The Labute approximate surface area is 135 Å². The van der Waals surface area contributed by atoms with Crippen molar-refractivity contribution in [3.05, 3.63) is 29.3 Å². The van der Waals surface area contributed by atoms with Gasteiger partial charge in [-0.15, -0.1) is 0 Å². The lowest BCUT2D eigenvalue weighted by molar-refractivity contribution is -0.136. The first-order valence-electron chi connectivity index (χ1n) is 7.82. The van der Waals surface area contributed by atoms with Crippen molar-refractivity contribution in [1.82, 2.24) is 10.6 Å². The lowest BCUT2D eigenvalue weighted by Crippen LogP contribution is -2.55. The van der Waals surface area contributed by atoms with E-state index < -0.39 is 17.4 Å². The molecule has 0 spiro atoms. The Kier molecular flexibility index (Phi) is 3.72. The van der Waals surface area contributed by atoms with Crippen LogP contribution in [0.5, 0.6) is 0 Å². The average Bonchev–Trinajstić information content (AvgIpc) is 2.69. The van der Waals surface area contributed by atoms with Crippen molar-refractivity contribution >= 4 is 23.4 Å². The molecular weight excluding hydrogens is 294 g/mol. The van der Waals surface area contributed by atoms with E-state index in [2.05, 4.69) is 10.6 Å². The normalized spacial score (nSPS) is 23.0. The van der Waals surface area contributed by atoms with E-state index in [0.717, 1.165) is 16.8 Å². The molecule has 6 nitrogen and oxygen atoms in total. The summed E-state index contributed by atoms with van der Waals surface area (Å²) in [6.45, 7) is 4.43. The van der Waals surface area contributed by atoms with Crippen LogP contribution in [0.4, 0.5) is 5.69 Å². The van der Waals surface area contributed by atoms with Crippen LogP contribution in [0.1, 0.15) is 37.8 Å². The van der Waals surface area contributed by atoms with Gasteiger partial charge in [0.15, 0.2) is 0 Å². The highest BCUT2D eigenvalue weighted by Gasteiger charge is 2.49. The van der Waals surface area contributed by atoms with E-state index >= 15 is 0 Å². The third-order valence-corrected chi connectivity index (χ3v) is 4.66. The molecule has 3 rings (SSSR count). The van der Waals surface area contributed by atoms with Gasteiger partial charge in [-0.25, -0.2) is 0 Å². The zero-order chi connectivity index (χ0) is 16.8. The second-order valence-electron chi connectivity index (χ2n) is 6.61. The summed E-state index contributed by atoms with van der Waals surface area (Å²) in [5.41, 5.74) is 2.11. The Hall–Kier alpha value is -2.21. The SMILES string of the molecule is CNCc1cccc2c1C(C)(C)C(=O)N2C1CCC(=O)NC1=O. The first-order chi connectivity index (χ1) is 10.9. The number of nitrogens with one attached hydrogen (secondary N) is 2. The van der Waals surface area contributed by atoms with Crippen LogP contribution in [-0.4, -0.2) is 30.8 Å². The summed E-state index contributed by atoms with van der Waals surface area (Å²) < 4.78 is 0. The molecule has 0 radical (unpaired) electrons. The lowest BCUT2D eigenvalue weighted by Gasteiger charge is -2.31. The van der Waals surface area contributed by atoms with E-state index in [1.807, 2.05) is 39.1 Å². The zero-order valence-electron chi connectivity index (χ0n) is 13.6. The quantitative estimate of drug-likeness (QED) is 0.810. The van der Waals surface area contributed by atoms with Crippen LogP contribution in [0.15, 0.2) is 18.2 Å². The van der Waals surface area contributed by atoms with Crippen molar-refractivity contribution in [2.24, 2.45) is 0 Å². The number of piperidine rings is 1. The molecule has 1 unspecified atom stereocenters. The van der Waals surface area contributed by atoms with Gasteiger partial charge in [-0.3, -0.25) is 24.6 Å². The number of carbonyl (C=O) groups is 3. The fraction of sp³-hybridized carbons (Fsp3) is 0.471. The maximum Gasteiger partial charge on any atom is 0.249 e. The van der Waals surface area contributed by atoms with Gasteiger partial charge in [-0.05, 0) is 44.5 Å². The highest BCUT2D eigenvalue weighted by Crippen LogP contribution is 2.45. The Morgan fingerprint density at radius 3 is 2.70 bits per heavy atom. The Morgan fingerprint density at radius 2 is 2.04 bits per heavy atom. The molecule has 2 aliphatic heterocycles. The number of nitrogens with zero attached hydrogens (tertiary/aromatic N) is 1. The van der Waals surface area contributed by atoms with Crippen molar-refractivity contribution in [2.75, 3.05) is 11.9 Å². The molecule has 1 fully saturated rings. The summed E-state index contributed by atoms with van der Waals surface area (Å²) in [6, 6.07) is 5.16. The topological polar surface area (TPSA) is 78.5 Å². The summed E-state index contributed by atoms with van der Waals surface area (Å²) in [5.74, 6) is -0.760. The van der Waals surface area contributed by atoms with Crippen molar-refractivity contribution in [3.63, 3.8) is 0 Å². The molecule has 1 aromatic rings. The minimum absolute atomic E-state index is 0.0921. The van der Waals surface area contributed by atoms with Gasteiger partial charge in [0, 0.05) is 18.7 Å². The molecule has 0 saturated carbocycles. The molecule has 0 aliphatic carbocycles. The van der Waals surface area contributed by atoms with Crippen LogP contribution in [0.3, 0.4) is 0 Å². The number of fused-ring (bicyclic) bond motifs is 1. The zero-order valence-corrected chi connectivity index (χ0v) is 13.6. The summed E-state index contributed by atoms with van der Waals surface area (Å²) >= 11 is 0. The van der Waals surface area contributed by atoms with E-state index in [1.165, 1.54) is 0 Å². The monoisotopic (exact) mass is 315 g/mol. The smallest absolute Gasteiger partial charge is 0.249 e. The van der Waals surface area contributed by atoms with Crippen molar-refractivity contribution in [3.8, 4) is 0 Å². The van der Waals surface area contributed by atoms with Crippen molar-refractivity contribution in [1.29, 1.82) is 0 Å². The largest absolute Gasteiger partial charge is 0.316 e. The number of hydrogen-bond acceptors (Lipinski definition) is 4. The molecule has 1 atom stereocenters. The minimum Gasteiger partial charge on any atom is -0.316 e. The Balaban J connectivity index is 2.08. The van der Waals surface area contributed by atoms with E-state index in [4.69, 9.17) is 0 Å². The first kappa shape index (κ1) is 15.7. The van der Waals surface area contributed by atoms with E-state index in [0.29, 0.717) is 13.0 Å². The summed E-state index contributed by atoms with van der Waals surface area (Å²) in [4.78, 5) is 38.2. The molecule has 1 aromatic carbocycles. The number of imide groups is 1. The fourth-order valence-electron chi connectivity index (χ4n) is 3.60. The van der Waals surface area contributed by atoms with Crippen LogP contribution in [-0.2, 0) is 26.3 Å². The van der Waals surface area contributed by atoms with E-state index in [1.54, 1.807) is 4.90 Å². The van der Waals surface area contributed by atoms with Gasteiger partial charge in [0.1, 0.15) is 6.04 Å². The van der Waals surface area contributed by atoms with Crippen LogP contribution < -0.4 is 15.5 Å². The standard InChI is InChI=1S/C17H21N3O3/c1-17(2)14-10(9-18-3)5-4-6-11(14)20(16(17)23)12-7-8-13(21)19-15(12)22/h4-6,12,18H,7-9H2,1-3H3,(H,19,21,22). The molecule has 2 N–H and O–H groups in total. The maximum absolute atomic E-state index is 13.0. The number of anilines is 1. The predicted molar refractivity (Wildman–Crippen MR) is 85.9 cm³/mol. The molecule has 122 valence electrons. The first-order valence-corrected chi connectivity index (χ1v) is 7.82. The van der Waals surface area contributed by atoms with Gasteiger partial charge >= 0.3 is 0 Å². The third-order valence-electron chi connectivity index (χ3n) is 4.66. The average molecular weight is 315 g/mol. The number of hydrogen-bond donors (Lipinski definition) is 2.